The Morgan fingerprint density at radius 1 is 0.933 bits per heavy atom. The second-order valence-corrected chi connectivity index (χ2v) is 6.80. The molecule has 1 fully saturated rings. The van der Waals surface area contributed by atoms with Gasteiger partial charge in [-0.2, -0.15) is 0 Å². The number of anilines is 1. The van der Waals surface area contributed by atoms with Crippen molar-refractivity contribution in [3.8, 4) is 11.5 Å². The molecule has 0 spiro atoms. The summed E-state index contributed by atoms with van der Waals surface area (Å²) in [5, 5.41) is 21.0. The van der Waals surface area contributed by atoms with Crippen molar-refractivity contribution in [3.05, 3.63) is 95.6 Å². The molecule has 1 atom stereocenters. The lowest BCUT2D eigenvalue weighted by atomic mass is 9.95. The lowest BCUT2D eigenvalue weighted by molar-refractivity contribution is -0.132. The first-order valence-corrected chi connectivity index (χ1v) is 9.31. The van der Waals surface area contributed by atoms with Crippen LogP contribution in [0.5, 0.6) is 11.5 Å². The number of ether oxygens (including phenoxy) is 1. The fourth-order valence-corrected chi connectivity index (χ4v) is 3.62. The predicted octanol–water partition coefficient (Wildman–Crippen LogP) is 4.03. The van der Waals surface area contributed by atoms with E-state index in [2.05, 4.69) is 0 Å². The van der Waals surface area contributed by atoms with Gasteiger partial charge in [0.15, 0.2) is 11.5 Å². The van der Waals surface area contributed by atoms with E-state index in [1.54, 1.807) is 66.7 Å². The molecular weight excluding hydrogens is 382 g/mol. The number of hydrogen-bond acceptors (Lipinski definition) is 5. The van der Waals surface area contributed by atoms with Crippen molar-refractivity contribution < 1.29 is 24.5 Å². The van der Waals surface area contributed by atoms with Crippen LogP contribution in [-0.4, -0.2) is 29.0 Å². The predicted molar refractivity (Wildman–Crippen MR) is 112 cm³/mol. The molecule has 150 valence electrons. The Bertz CT molecular complexity index is 1140. The molecule has 3 aromatic carbocycles. The molecule has 2 N–H and O–H groups in total. The number of phenolic OH excluding ortho intramolecular Hbond substituents is 1. The lowest BCUT2D eigenvalue weighted by Gasteiger charge is -2.25. The first-order valence-electron chi connectivity index (χ1n) is 9.31. The number of carbonyl (C=O) groups is 2. The van der Waals surface area contributed by atoms with E-state index in [4.69, 9.17) is 4.74 Å². The molecule has 0 saturated carbocycles. The van der Waals surface area contributed by atoms with Crippen LogP contribution in [0.2, 0.25) is 0 Å². The van der Waals surface area contributed by atoms with Crippen LogP contribution in [0.3, 0.4) is 0 Å². The standard InChI is InChI=1S/C24H19NO5/c1-30-19-14-16(12-13-18(19)26)21-20(22(27)15-8-4-2-5-9-15)23(28)24(29)25(21)17-10-6-3-7-11-17/h2-14,21,26-27H,1H3/b22-20+/t21-/m0/s1. The van der Waals surface area contributed by atoms with E-state index in [0.717, 1.165) is 0 Å². The Kier molecular flexibility index (Phi) is 4.98. The highest BCUT2D eigenvalue weighted by Gasteiger charge is 2.47. The monoisotopic (exact) mass is 401 g/mol. The molecule has 1 amide bonds. The number of ketones is 1. The summed E-state index contributed by atoms with van der Waals surface area (Å²) in [5.41, 5.74) is 1.44. The Morgan fingerprint density at radius 3 is 2.20 bits per heavy atom. The van der Waals surface area contributed by atoms with E-state index in [-0.39, 0.29) is 22.8 Å². The summed E-state index contributed by atoms with van der Waals surface area (Å²) >= 11 is 0. The molecule has 1 saturated heterocycles. The number of Topliss-reactive ketones (excluding diaryl/α,β-unsaturated/α-hetero) is 1. The summed E-state index contributed by atoms with van der Waals surface area (Å²) < 4.78 is 5.20. The SMILES string of the molecule is COc1cc([C@H]2/C(=C(\O)c3ccccc3)C(=O)C(=O)N2c2ccccc2)ccc1O. The second kappa shape index (κ2) is 7.75. The van der Waals surface area contributed by atoms with Crippen LogP contribution in [0.4, 0.5) is 5.69 Å². The molecule has 0 aromatic heterocycles. The van der Waals surface area contributed by atoms with Gasteiger partial charge in [-0.25, -0.2) is 0 Å². The largest absolute Gasteiger partial charge is 0.507 e. The number of aliphatic hydroxyl groups is 1. The molecule has 1 heterocycles. The van der Waals surface area contributed by atoms with Crippen molar-refractivity contribution in [1.29, 1.82) is 0 Å². The number of hydrogen-bond donors (Lipinski definition) is 2. The highest BCUT2D eigenvalue weighted by molar-refractivity contribution is 6.51. The minimum absolute atomic E-state index is 0.0252. The third kappa shape index (κ3) is 3.18. The van der Waals surface area contributed by atoms with E-state index in [1.807, 2.05) is 6.07 Å². The molecule has 6 heteroatoms. The number of methoxy groups -OCH3 is 1. The minimum Gasteiger partial charge on any atom is -0.507 e. The number of amides is 1. The van der Waals surface area contributed by atoms with Crippen LogP contribution in [0, 0.1) is 0 Å². The van der Waals surface area contributed by atoms with Gasteiger partial charge in [0.05, 0.1) is 18.7 Å². The summed E-state index contributed by atoms with van der Waals surface area (Å²) in [6, 6.07) is 21.1. The highest BCUT2D eigenvalue weighted by Crippen LogP contribution is 2.43. The number of nitrogens with zero attached hydrogens (tertiary/aromatic N) is 1. The van der Waals surface area contributed by atoms with Crippen molar-refractivity contribution in [2.45, 2.75) is 6.04 Å². The summed E-state index contributed by atoms with van der Waals surface area (Å²) in [5.74, 6) is -1.65. The van der Waals surface area contributed by atoms with Gasteiger partial charge in [-0.3, -0.25) is 14.5 Å². The van der Waals surface area contributed by atoms with Gasteiger partial charge in [-0.15, -0.1) is 0 Å². The number of carbonyl (C=O) groups excluding carboxylic acids is 2. The fourth-order valence-electron chi connectivity index (χ4n) is 3.62. The zero-order chi connectivity index (χ0) is 21.3. The smallest absolute Gasteiger partial charge is 0.300 e. The quantitative estimate of drug-likeness (QED) is 0.392. The van der Waals surface area contributed by atoms with Crippen molar-refractivity contribution in [2.24, 2.45) is 0 Å². The molecule has 1 aliphatic heterocycles. The summed E-state index contributed by atoms with van der Waals surface area (Å²) in [6.07, 6.45) is 0. The van der Waals surface area contributed by atoms with Gasteiger partial charge in [0.1, 0.15) is 5.76 Å². The molecule has 6 nitrogen and oxygen atoms in total. The van der Waals surface area contributed by atoms with Crippen LogP contribution >= 0.6 is 0 Å². The van der Waals surface area contributed by atoms with E-state index in [1.165, 1.54) is 18.1 Å². The average Bonchev–Trinajstić information content (AvgIpc) is 3.05. The number of para-hydroxylation sites is 1. The first kappa shape index (κ1) is 19.3. The van der Waals surface area contributed by atoms with E-state index in [0.29, 0.717) is 16.8 Å². The number of aromatic hydroxyl groups is 1. The zero-order valence-electron chi connectivity index (χ0n) is 16.1. The van der Waals surface area contributed by atoms with Gasteiger partial charge in [-0.1, -0.05) is 54.6 Å². The molecule has 0 aliphatic carbocycles. The number of benzene rings is 3. The molecule has 0 radical (unpaired) electrons. The van der Waals surface area contributed by atoms with Gasteiger partial charge < -0.3 is 14.9 Å². The molecule has 0 bridgehead atoms. The molecule has 30 heavy (non-hydrogen) atoms. The van der Waals surface area contributed by atoms with Crippen molar-refractivity contribution in [2.75, 3.05) is 12.0 Å². The normalized spacial score (nSPS) is 17.9. The Morgan fingerprint density at radius 2 is 1.57 bits per heavy atom. The Labute approximate surface area is 173 Å². The first-order chi connectivity index (χ1) is 14.5. The van der Waals surface area contributed by atoms with Gasteiger partial charge in [0.2, 0.25) is 0 Å². The number of phenols is 1. The minimum atomic E-state index is -0.887. The lowest BCUT2D eigenvalue weighted by Crippen LogP contribution is -2.29. The average molecular weight is 401 g/mol. The maximum Gasteiger partial charge on any atom is 0.300 e. The third-order valence-corrected chi connectivity index (χ3v) is 5.05. The third-order valence-electron chi connectivity index (χ3n) is 5.05. The van der Waals surface area contributed by atoms with E-state index in [9.17, 15) is 19.8 Å². The molecule has 0 unspecified atom stereocenters. The van der Waals surface area contributed by atoms with E-state index >= 15 is 0 Å². The molecule has 3 aromatic rings. The van der Waals surface area contributed by atoms with Gasteiger partial charge >= 0.3 is 0 Å². The second-order valence-electron chi connectivity index (χ2n) is 6.80. The summed E-state index contributed by atoms with van der Waals surface area (Å²) in [7, 11) is 1.41. The number of rotatable bonds is 4. The van der Waals surface area contributed by atoms with Gasteiger partial charge in [0, 0.05) is 11.3 Å². The van der Waals surface area contributed by atoms with Crippen LogP contribution in [-0.2, 0) is 9.59 Å². The number of aliphatic hydroxyl groups excluding tert-OH is 1. The maximum atomic E-state index is 13.0. The Balaban J connectivity index is 1.97. The fraction of sp³-hybridized carbons (Fsp3) is 0.0833. The maximum absolute atomic E-state index is 13.0. The van der Waals surface area contributed by atoms with Crippen molar-refractivity contribution in [1.82, 2.24) is 0 Å². The van der Waals surface area contributed by atoms with Gasteiger partial charge in [-0.05, 0) is 29.8 Å². The van der Waals surface area contributed by atoms with Crippen LogP contribution in [0.25, 0.3) is 5.76 Å². The van der Waals surface area contributed by atoms with Gasteiger partial charge in [0.25, 0.3) is 11.7 Å². The molecular formula is C24H19NO5. The Hall–Kier alpha value is -4.06. The summed E-state index contributed by atoms with van der Waals surface area (Å²) in [6.45, 7) is 0. The van der Waals surface area contributed by atoms with Crippen LogP contribution in [0.1, 0.15) is 17.2 Å². The topological polar surface area (TPSA) is 87.1 Å². The van der Waals surface area contributed by atoms with Crippen LogP contribution < -0.4 is 9.64 Å². The zero-order valence-corrected chi connectivity index (χ0v) is 16.1. The van der Waals surface area contributed by atoms with Crippen molar-refractivity contribution >= 4 is 23.1 Å². The van der Waals surface area contributed by atoms with Crippen molar-refractivity contribution in [3.63, 3.8) is 0 Å². The van der Waals surface area contributed by atoms with Crippen LogP contribution in [0.15, 0.2) is 84.4 Å². The van der Waals surface area contributed by atoms with E-state index < -0.39 is 17.7 Å². The highest BCUT2D eigenvalue weighted by atomic mass is 16.5. The summed E-state index contributed by atoms with van der Waals surface area (Å²) in [4.78, 5) is 27.4. The molecule has 1 aliphatic rings. The molecule has 4 rings (SSSR count).